The van der Waals surface area contributed by atoms with Crippen molar-refractivity contribution in [1.82, 2.24) is 14.9 Å². The first-order chi connectivity index (χ1) is 18.5. The van der Waals surface area contributed by atoms with Crippen LogP contribution in [0.3, 0.4) is 0 Å². The SMILES string of the molecule is O=C(NC(CC(F)(F)F)C(F)(F)F)c1cn(-c2c(F)cc(F)cc2F)c2nc(N3C[C@@H](O)CC3=O)ccc2c1=O. The summed E-state index contributed by atoms with van der Waals surface area (Å²) in [6.45, 7) is -0.251. The number of aliphatic hydroxyl groups excluding tert-OH is 1. The van der Waals surface area contributed by atoms with Gasteiger partial charge in [0.05, 0.1) is 30.9 Å². The Kier molecular flexibility index (Phi) is 7.29. The van der Waals surface area contributed by atoms with Gasteiger partial charge < -0.3 is 10.4 Å². The number of alkyl halides is 6. The van der Waals surface area contributed by atoms with Crippen LogP contribution in [-0.4, -0.2) is 57.5 Å². The third kappa shape index (κ3) is 5.73. The number of rotatable bonds is 5. The van der Waals surface area contributed by atoms with Crippen molar-refractivity contribution in [3.05, 3.63) is 63.7 Å². The fourth-order valence-corrected chi connectivity index (χ4v) is 4.07. The number of carbonyl (C=O) groups is 2. The molecule has 0 radical (unpaired) electrons. The summed E-state index contributed by atoms with van der Waals surface area (Å²) in [5, 5.41) is 10.2. The van der Waals surface area contributed by atoms with Crippen LogP contribution in [0, 0.1) is 17.5 Å². The van der Waals surface area contributed by atoms with Gasteiger partial charge in [-0.05, 0) is 12.1 Å². The van der Waals surface area contributed by atoms with Gasteiger partial charge in [-0.3, -0.25) is 23.9 Å². The van der Waals surface area contributed by atoms with Crippen molar-refractivity contribution >= 4 is 28.7 Å². The summed E-state index contributed by atoms with van der Waals surface area (Å²) in [6.07, 6.45) is -14.6. The molecule has 4 rings (SSSR count). The summed E-state index contributed by atoms with van der Waals surface area (Å²) in [7, 11) is 0. The molecule has 40 heavy (non-hydrogen) atoms. The molecule has 1 aliphatic rings. The maximum Gasteiger partial charge on any atom is 0.408 e. The molecular weight excluding hydrogens is 567 g/mol. The molecule has 8 nitrogen and oxygen atoms in total. The third-order valence-electron chi connectivity index (χ3n) is 5.82. The number of β-amino-alcohol motifs (C(OH)–C–C–N with tert-alkyl or cyclic N) is 1. The lowest BCUT2D eigenvalue weighted by molar-refractivity contribution is -0.199. The molecule has 1 aliphatic heterocycles. The summed E-state index contributed by atoms with van der Waals surface area (Å²) in [5.41, 5.74) is -4.44. The van der Waals surface area contributed by atoms with Crippen molar-refractivity contribution in [3.8, 4) is 5.69 Å². The Morgan fingerprint density at radius 1 is 1.07 bits per heavy atom. The molecule has 2 aromatic heterocycles. The summed E-state index contributed by atoms with van der Waals surface area (Å²) < 4.78 is 121. The van der Waals surface area contributed by atoms with Crippen LogP contribution in [0.15, 0.2) is 35.3 Å². The van der Waals surface area contributed by atoms with E-state index >= 15 is 0 Å². The number of fused-ring (bicyclic) bond motifs is 1. The monoisotopic (exact) mass is 582 g/mol. The number of benzene rings is 1. The molecule has 1 saturated heterocycles. The Hall–Kier alpha value is -4.15. The zero-order valence-electron chi connectivity index (χ0n) is 19.6. The Balaban J connectivity index is 1.93. The molecule has 3 heterocycles. The minimum absolute atomic E-state index is 0.204. The Labute approximate surface area is 216 Å². The predicted molar refractivity (Wildman–Crippen MR) is 118 cm³/mol. The van der Waals surface area contributed by atoms with Gasteiger partial charge in [-0.15, -0.1) is 0 Å². The lowest BCUT2D eigenvalue weighted by atomic mass is 10.1. The predicted octanol–water partition coefficient (Wildman–Crippen LogP) is 3.51. The van der Waals surface area contributed by atoms with Gasteiger partial charge in [0.1, 0.15) is 28.9 Å². The van der Waals surface area contributed by atoms with Crippen molar-refractivity contribution in [3.63, 3.8) is 0 Å². The maximum absolute atomic E-state index is 14.7. The van der Waals surface area contributed by atoms with Crippen molar-refractivity contribution in [2.75, 3.05) is 11.4 Å². The molecule has 0 bridgehead atoms. The van der Waals surface area contributed by atoms with Crippen LogP contribution >= 0.6 is 0 Å². The van der Waals surface area contributed by atoms with Gasteiger partial charge in [0.25, 0.3) is 5.91 Å². The molecule has 2 atom stereocenters. The minimum Gasteiger partial charge on any atom is -0.391 e. The van der Waals surface area contributed by atoms with Gasteiger partial charge in [0, 0.05) is 18.3 Å². The van der Waals surface area contributed by atoms with Crippen LogP contribution < -0.4 is 15.6 Å². The van der Waals surface area contributed by atoms with Crippen LogP contribution in [0.1, 0.15) is 23.2 Å². The maximum atomic E-state index is 14.7. The van der Waals surface area contributed by atoms with Gasteiger partial charge in [0.15, 0.2) is 17.3 Å². The fourth-order valence-electron chi connectivity index (χ4n) is 4.07. The first kappa shape index (κ1) is 28.8. The Bertz CT molecular complexity index is 1550. The molecule has 1 unspecified atom stereocenters. The van der Waals surface area contributed by atoms with Crippen LogP contribution in [0.4, 0.5) is 45.3 Å². The molecule has 0 spiro atoms. The van der Waals surface area contributed by atoms with Crippen molar-refractivity contribution in [2.24, 2.45) is 0 Å². The number of aromatic nitrogens is 2. The highest BCUT2D eigenvalue weighted by Gasteiger charge is 2.47. The van der Waals surface area contributed by atoms with Gasteiger partial charge in [-0.1, -0.05) is 0 Å². The number of nitrogens with one attached hydrogen (secondary N) is 1. The molecule has 0 aliphatic carbocycles. The van der Waals surface area contributed by atoms with Crippen LogP contribution in [0.25, 0.3) is 16.7 Å². The number of carbonyl (C=O) groups excluding carboxylic acids is 2. The van der Waals surface area contributed by atoms with Crippen LogP contribution in [0.2, 0.25) is 0 Å². The second-order valence-corrected chi connectivity index (χ2v) is 8.75. The molecule has 1 fully saturated rings. The second kappa shape index (κ2) is 10.1. The van der Waals surface area contributed by atoms with Crippen molar-refractivity contribution in [1.29, 1.82) is 0 Å². The summed E-state index contributed by atoms with van der Waals surface area (Å²) >= 11 is 0. The van der Waals surface area contributed by atoms with Gasteiger partial charge in [0.2, 0.25) is 11.3 Å². The first-order valence-electron chi connectivity index (χ1n) is 11.1. The number of hydrogen-bond acceptors (Lipinski definition) is 5. The zero-order valence-corrected chi connectivity index (χ0v) is 19.6. The fraction of sp³-hybridized carbons (Fsp3) is 0.304. The Morgan fingerprint density at radius 3 is 2.23 bits per heavy atom. The normalized spacial score (nSPS) is 17.0. The zero-order chi connectivity index (χ0) is 29.7. The smallest absolute Gasteiger partial charge is 0.391 e. The number of amides is 2. The van der Waals surface area contributed by atoms with Gasteiger partial charge in [-0.2, -0.15) is 26.3 Å². The number of anilines is 1. The van der Waals surface area contributed by atoms with E-state index in [0.29, 0.717) is 10.8 Å². The average Bonchev–Trinajstić information content (AvgIpc) is 3.15. The van der Waals surface area contributed by atoms with Crippen LogP contribution in [0.5, 0.6) is 0 Å². The standard InChI is InChI=1S/C23H15F9N4O4/c24-9-3-13(25)18(14(26)4-9)36-8-12(21(40)33-15(23(30,31)32)6-22(27,28)29)19(39)11-1-2-16(34-20(11)36)35-7-10(37)5-17(35)38/h1-4,8,10,15,37H,5-7H2,(H,33,40)/t10-,15?/m0/s1. The quantitative estimate of drug-likeness (QED) is 0.449. The second-order valence-electron chi connectivity index (χ2n) is 8.75. The van der Waals surface area contributed by atoms with E-state index in [2.05, 4.69) is 4.98 Å². The third-order valence-corrected chi connectivity index (χ3v) is 5.82. The number of hydrogen-bond donors (Lipinski definition) is 2. The number of nitrogens with zero attached hydrogens (tertiary/aromatic N) is 3. The molecule has 17 heteroatoms. The Morgan fingerprint density at radius 2 is 1.70 bits per heavy atom. The van der Waals surface area contributed by atoms with E-state index in [-0.39, 0.29) is 30.9 Å². The van der Waals surface area contributed by atoms with Crippen molar-refractivity contribution < 1.29 is 54.2 Å². The highest BCUT2D eigenvalue weighted by molar-refractivity contribution is 5.99. The molecule has 3 aromatic rings. The van der Waals surface area contributed by atoms with Crippen molar-refractivity contribution in [2.45, 2.75) is 37.3 Å². The van der Waals surface area contributed by atoms with Crippen LogP contribution in [-0.2, 0) is 4.79 Å². The largest absolute Gasteiger partial charge is 0.408 e. The lowest BCUT2D eigenvalue weighted by Crippen LogP contribution is -2.48. The highest BCUT2D eigenvalue weighted by Crippen LogP contribution is 2.31. The molecule has 2 N–H and O–H groups in total. The van der Waals surface area contributed by atoms with Gasteiger partial charge in [-0.25, -0.2) is 18.2 Å². The summed E-state index contributed by atoms with van der Waals surface area (Å²) in [6, 6.07) is -1.13. The van der Waals surface area contributed by atoms with Gasteiger partial charge >= 0.3 is 12.4 Å². The topological polar surface area (TPSA) is 105 Å². The molecule has 1 aromatic carbocycles. The minimum atomic E-state index is -5.60. The summed E-state index contributed by atoms with van der Waals surface area (Å²) in [4.78, 5) is 42.9. The summed E-state index contributed by atoms with van der Waals surface area (Å²) in [5.74, 6) is -7.42. The highest BCUT2D eigenvalue weighted by atomic mass is 19.4. The van der Waals surface area contributed by atoms with E-state index in [0.717, 1.165) is 22.3 Å². The average molecular weight is 582 g/mol. The van der Waals surface area contributed by atoms with E-state index in [9.17, 15) is 59.0 Å². The molecule has 0 saturated carbocycles. The number of halogens is 9. The molecular formula is C23H15F9N4O4. The molecule has 214 valence electrons. The van der Waals surface area contributed by atoms with E-state index in [1.165, 1.54) is 0 Å². The molecule has 2 amide bonds. The van der Waals surface area contributed by atoms with E-state index in [1.807, 2.05) is 0 Å². The number of aliphatic hydroxyl groups is 1. The number of pyridine rings is 2. The van der Waals surface area contributed by atoms with E-state index in [4.69, 9.17) is 0 Å². The van der Waals surface area contributed by atoms with E-state index < -0.39 is 87.9 Å². The first-order valence-corrected chi connectivity index (χ1v) is 11.1. The lowest BCUT2D eigenvalue weighted by Gasteiger charge is -2.23. The van der Waals surface area contributed by atoms with E-state index in [1.54, 1.807) is 0 Å².